The smallest absolute Gasteiger partial charge is 0.871 e. The summed E-state index contributed by atoms with van der Waals surface area (Å²) in [6, 6.07) is 22.7. The Morgan fingerprint density at radius 1 is 0.595 bits per heavy atom. The van der Waals surface area contributed by atoms with Crippen LogP contribution in [0, 0.1) is 0 Å². The second-order valence-corrected chi connectivity index (χ2v) is 7.61. The Kier molecular flexibility index (Phi) is 8.58. The zero-order valence-electron chi connectivity index (χ0n) is 19.0. The third-order valence-electron chi connectivity index (χ3n) is 5.34. The van der Waals surface area contributed by atoms with Crippen LogP contribution >= 0.6 is 0 Å². The van der Waals surface area contributed by atoms with Gasteiger partial charge in [0.15, 0.2) is 0 Å². The van der Waals surface area contributed by atoms with Crippen molar-refractivity contribution in [3.05, 3.63) is 107 Å². The van der Waals surface area contributed by atoms with Crippen LogP contribution in [-0.2, 0) is 17.1 Å². The van der Waals surface area contributed by atoms with Gasteiger partial charge in [-0.2, -0.15) is 0 Å². The number of aromatic carboxylic acids is 2. The van der Waals surface area contributed by atoms with E-state index >= 15 is 0 Å². The predicted octanol–water partition coefficient (Wildman–Crippen LogP) is 4.40. The number of hydrogen-bond acceptors (Lipinski definition) is 6. The van der Waals surface area contributed by atoms with Gasteiger partial charge in [-0.3, -0.25) is 9.98 Å². The van der Waals surface area contributed by atoms with Crippen LogP contribution in [0.1, 0.15) is 31.8 Å². The first kappa shape index (κ1) is 26.9. The van der Waals surface area contributed by atoms with Crippen LogP contribution in [0.15, 0.2) is 94.9 Å². The van der Waals surface area contributed by atoms with Crippen molar-refractivity contribution in [2.75, 3.05) is 0 Å². The molecule has 4 aromatic carbocycles. The molecule has 2 N–H and O–H groups in total. The fourth-order valence-corrected chi connectivity index (χ4v) is 3.56. The van der Waals surface area contributed by atoms with E-state index in [0.717, 1.165) is 0 Å². The van der Waals surface area contributed by atoms with Crippen LogP contribution in [0.3, 0.4) is 0 Å². The molecule has 8 nitrogen and oxygen atoms in total. The molecule has 0 aliphatic heterocycles. The maximum absolute atomic E-state index is 12.4. The number of carboxylic acids is 2. The number of para-hydroxylation sites is 4. The van der Waals surface area contributed by atoms with Crippen molar-refractivity contribution in [3.63, 3.8) is 0 Å². The van der Waals surface area contributed by atoms with Crippen molar-refractivity contribution in [2.45, 2.75) is 0 Å². The van der Waals surface area contributed by atoms with Gasteiger partial charge >= 0.3 is 29.0 Å². The van der Waals surface area contributed by atoms with E-state index in [4.69, 9.17) is 0 Å². The number of nitrogens with zero attached hydrogens (tertiary/aromatic N) is 2. The monoisotopic (exact) mass is 533 g/mol. The van der Waals surface area contributed by atoms with E-state index in [1.807, 2.05) is 24.3 Å². The van der Waals surface area contributed by atoms with Gasteiger partial charge in [0.05, 0.1) is 22.5 Å². The van der Waals surface area contributed by atoms with Gasteiger partial charge in [-0.1, -0.05) is 72.2 Å². The average Bonchev–Trinajstić information content (AvgIpc) is 2.87. The summed E-state index contributed by atoms with van der Waals surface area (Å²) in [4.78, 5) is 31.4. The van der Waals surface area contributed by atoms with Crippen molar-refractivity contribution in [1.29, 1.82) is 0 Å². The van der Waals surface area contributed by atoms with Gasteiger partial charge in [0, 0.05) is 23.6 Å². The predicted molar refractivity (Wildman–Crippen MR) is 132 cm³/mol. The van der Waals surface area contributed by atoms with Gasteiger partial charge in [0.2, 0.25) is 0 Å². The van der Waals surface area contributed by atoms with Gasteiger partial charge in [0.25, 0.3) is 0 Å². The molecule has 4 rings (SSSR count). The second kappa shape index (κ2) is 11.8. The Balaban J connectivity index is 0.00000380. The molecule has 0 spiro atoms. The molecule has 0 atom stereocenters. The molecular formula is C28H18MnN2O6. The standard InChI is InChI=1S/C28H20N2O6.Mn/c31-25-17(7-5-11-21(25)27(33)34)15-29-23-13-3-1-9-19(23)20-10-2-4-14-24(20)30-16-18-8-6-12-22(26(18)32)28(35)36;/h1-16,31-32H,(H,33,34)(H,35,36);/q;+2/p-2. The fourth-order valence-electron chi connectivity index (χ4n) is 3.56. The van der Waals surface area contributed by atoms with Crippen molar-refractivity contribution in [3.8, 4) is 22.6 Å². The molecule has 0 saturated heterocycles. The van der Waals surface area contributed by atoms with E-state index in [0.29, 0.717) is 22.5 Å². The number of aliphatic imine (C=N–C) groups is 2. The quantitative estimate of drug-likeness (QED) is 0.266. The van der Waals surface area contributed by atoms with Crippen LogP contribution in [-0.4, -0.2) is 34.6 Å². The van der Waals surface area contributed by atoms with Crippen molar-refractivity contribution < 1.29 is 47.1 Å². The molecule has 0 unspecified atom stereocenters. The van der Waals surface area contributed by atoms with Crippen LogP contribution in [0.2, 0.25) is 0 Å². The Morgan fingerprint density at radius 2 is 0.973 bits per heavy atom. The Labute approximate surface area is 222 Å². The van der Waals surface area contributed by atoms with Crippen molar-refractivity contribution in [2.24, 2.45) is 9.98 Å². The summed E-state index contributed by atoms with van der Waals surface area (Å²) >= 11 is 0. The van der Waals surface area contributed by atoms with Gasteiger partial charge < -0.3 is 20.4 Å². The molecule has 0 aliphatic rings. The molecule has 0 aliphatic carbocycles. The normalized spacial score (nSPS) is 10.9. The third kappa shape index (κ3) is 5.92. The number of carboxylic acid groups (broad SMARTS) is 2. The van der Waals surface area contributed by atoms with E-state index in [1.54, 1.807) is 24.3 Å². The van der Waals surface area contributed by atoms with Crippen molar-refractivity contribution >= 4 is 35.7 Å². The molecule has 183 valence electrons. The molecule has 0 bridgehead atoms. The van der Waals surface area contributed by atoms with E-state index < -0.39 is 23.4 Å². The molecule has 0 heterocycles. The topological polar surface area (TPSA) is 145 Å². The van der Waals surface area contributed by atoms with Gasteiger partial charge in [-0.25, -0.2) is 9.59 Å². The molecular weight excluding hydrogens is 515 g/mol. The average molecular weight is 533 g/mol. The second-order valence-electron chi connectivity index (χ2n) is 7.61. The molecule has 0 amide bonds. The summed E-state index contributed by atoms with van der Waals surface area (Å²) in [5, 5.41) is 43.2. The minimum atomic E-state index is -1.31. The summed E-state index contributed by atoms with van der Waals surface area (Å²) in [7, 11) is 0. The first-order valence-corrected chi connectivity index (χ1v) is 10.7. The minimum Gasteiger partial charge on any atom is -0.871 e. The Hall–Kier alpha value is -4.72. The molecule has 9 heteroatoms. The third-order valence-corrected chi connectivity index (χ3v) is 5.34. The van der Waals surface area contributed by atoms with E-state index in [1.165, 1.54) is 48.8 Å². The SMILES string of the molecule is O=C(O)c1cccc(C=Nc2ccccc2-c2ccccc2N=Cc2cccc(C(=O)O)c2[O-])c1[O-].[Mn+2]. The van der Waals surface area contributed by atoms with Gasteiger partial charge in [0.1, 0.15) is 0 Å². The largest absolute Gasteiger partial charge is 2.00 e. The summed E-state index contributed by atoms with van der Waals surface area (Å²) in [5.41, 5.74) is 1.99. The number of benzene rings is 4. The zero-order chi connectivity index (χ0) is 25.7. The summed E-state index contributed by atoms with van der Waals surface area (Å²) in [5.74, 6) is -3.88. The van der Waals surface area contributed by atoms with Crippen LogP contribution in [0.5, 0.6) is 11.5 Å². The van der Waals surface area contributed by atoms with Crippen LogP contribution < -0.4 is 10.2 Å². The Bertz CT molecular complexity index is 1420. The maximum Gasteiger partial charge on any atom is 2.00 e. The molecule has 1 radical (unpaired) electrons. The van der Waals surface area contributed by atoms with Crippen LogP contribution in [0.25, 0.3) is 11.1 Å². The minimum absolute atomic E-state index is 0. The summed E-state index contributed by atoms with van der Waals surface area (Å²) < 4.78 is 0. The molecule has 0 aromatic heterocycles. The number of carbonyl (C=O) groups is 2. The summed E-state index contributed by atoms with van der Waals surface area (Å²) in [6.45, 7) is 0. The van der Waals surface area contributed by atoms with Crippen LogP contribution in [0.4, 0.5) is 11.4 Å². The first-order chi connectivity index (χ1) is 17.4. The zero-order valence-corrected chi connectivity index (χ0v) is 20.2. The van der Waals surface area contributed by atoms with E-state index in [2.05, 4.69) is 9.98 Å². The molecule has 4 aromatic rings. The fraction of sp³-hybridized carbons (Fsp3) is 0. The summed E-state index contributed by atoms with van der Waals surface area (Å²) in [6.07, 6.45) is 2.64. The van der Waals surface area contributed by atoms with E-state index in [9.17, 15) is 30.0 Å². The maximum atomic E-state index is 12.4. The Morgan fingerprint density at radius 3 is 1.35 bits per heavy atom. The van der Waals surface area contributed by atoms with Gasteiger partial charge in [-0.05, 0) is 35.4 Å². The molecule has 0 fully saturated rings. The first-order valence-electron chi connectivity index (χ1n) is 10.7. The van der Waals surface area contributed by atoms with Crippen molar-refractivity contribution in [1.82, 2.24) is 0 Å². The van der Waals surface area contributed by atoms with Gasteiger partial charge in [-0.15, -0.1) is 0 Å². The number of hydrogen-bond donors (Lipinski definition) is 2. The van der Waals surface area contributed by atoms with E-state index in [-0.39, 0.29) is 39.3 Å². The number of rotatable bonds is 7. The molecule has 0 saturated carbocycles. The molecule has 37 heavy (non-hydrogen) atoms.